The first-order valence-electron chi connectivity index (χ1n) is 16.1. The summed E-state index contributed by atoms with van der Waals surface area (Å²) in [6.07, 6.45) is 5.22. The molecule has 0 aromatic heterocycles. The molecule has 0 unspecified atom stereocenters. The van der Waals surface area contributed by atoms with E-state index >= 15 is 0 Å². The topological polar surface area (TPSA) is 73.8 Å². The highest BCUT2D eigenvalue weighted by Crippen LogP contribution is 2.53. The molecule has 2 aromatic rings. The largest absolute Gasteiger partial charge is 0.370 e. The zero-order valence-corrected chi connectivity index (χ0v) is 27.3. The first kappa shape index (κ1) is 32.1. The molecule has 8 atom stereocenters. The monoisotopic (exact) mass is 610 g/mol. The average Bonchev–Trinajstić information content (AvgIpc) is 3.24. The van der Waals surface area contributed by atoms with Crippen molar-refractivity contribution in [1.82, 2.24) is 0 Å². The fraction of sp³-hybridized carbons (Fsp3) is 0.667. The van der Waals surface area contributed by atoms with Crippen molar-refractivity contribution >= 4 is 10.8 Å². The van der Waals surface area contributed by atoms with Gasteiger partial charge in [-0.25, -0.2) is 0 Å². The first-order valence-corrected chi connectivity index (χ1v) is 16.1. The SMILES string of the molecule is C=CC[C@H](OCc1ccc2ccccc2c1)[C@]1(C)O[C@@H]2CC[C@@H]3O[C@@]4(CC[C@@]3(C)O[C@@]2(C)C[C@H]1OCOC)COC(C)(C)O4. The van der Waals surface area contributed by atoms with Crippen LogP contribution in [0.3, 0.4) is 0 Å². The molecule has 8 heteroatoms. The van der Waals surface area contributed by atoms with Crippen LogP contribution >= 0.6 is 0 Å². The minimum absolute atomic E-state index is 0.147. The maximum Gasteiger partial charge on any atom is 0.195 e. The molecule has 0 radical (unpaired) electrons. The van der Waals surface area contributed by atoms with Gasteiger partial charge >= 0.3 is 0 Å². The minimum atomic E-state index is -0.776. The van der Waals surface area contributed by atoms with E-state index in [1.165, 1.54) is 10.8 Å². The van der Waals surface area contributed by atoms with E-state index in [0.29, 0.717) is 32.5 Å². The summed E-state index contributed by atoms with van der Waals surface area (Å²) in [5.74, 6) is -1.40. The van der Waals surface area contributed by atoms with Crippen molar-refractivity contribution in [1.29, 1.82) is 0 Å². The predicted octanol–water partition coefficient (Wildman–Crippen LogP) is 6.82. The van der Waals surface area contributed by atoms with E-state index in [4.69, 9.17) is 37.9 Å². The van der Waals surface area contributed by atoms with Gasteiger partial charge in [-0.2, -0.15) is 0 Å². The van der Waals surface area contributed by atoms with E-state index in [-0.39, 0.29) is 31.2 Å². The number of fused-ring (bicyclic) bond motifs is 3. The van der Waals surface area contributed by atoms with Gasteiger partial charge in [0.1, 0.15) is 19.0 Å². The number of hydrogen-bond acceptors (Lipinski definition) is 8. The number of hydrogen-bond donors (Lipinski definition) is 0. The van der Waals surface area contributed by atoms with Gasteiger partial charge in [0.2, 0.25) is 0 Å². The van der Waals surface area contributed by atoms with E-state index in [2.05, 4.69) is 69.8 Å². The highest BCUT2D eigenvalue weighted by molar-refractivity contribution is 5.82. The smallest absolute Gasteiger partial charge is 0.195 e. The van der Waals surface area contributed by atoms with Crippen LogP contribution in [0.4, 0.5) is 0 Å². The van der Waals surface area contributed by atoms with Crippen molar-refractivity contribution in [3.8, 4) is 0 Å². The second-order valence-corrected chi connectivity index (χ2v) is 14.2. The molecular formula is C36H50O8. The summed E-state index contributed by atoms with van der Waals surface area (Å²) in [6, 6.07) is 14.8. The molecular weight excluding hydrogens is 560 g/mol. The van der Waals surface area contributed by atoms with Gasteiger partial charge in [-0.05, 0) is 82.7 Å². The van der Waals surface area contributed by atoms with Crippen LogP contribution < -0.4 is 0 Å². The molecule has 2 aromatic carbocycles. The number of benzene rings is 2. The summed E-state index contributed by atoms with van der Waals surface area (Å²) in [7, 11) is 1.64. The molecule has 4 aliphatic heterocycles. The van der Waals surface area contributed by atoms with Crippen molar-refractivity contribution < 1.29 is 37.9 Å². The van der Waals surface area contributed by atoms with Crippen LogP contribution in [0.15, 0.2) is 55.1 Å². The second-order valence-electron chi connectivity index (χ2n) is 14.2. The molecule has 4 fully saturated rings. The van der Waals surface area contributed by atoms with E-state index in [0.717, 1.165) is 24.8 Å². The summed E-state index contributed by atoms with van der Waals surface area (Å²) in [4.78, 5) is 0. The molecule has 242 valence electrons. The first-order chi connectivity index (χ1) is 20.9. The number of methoxy groups -OCH3 is 1. The van der Waals surface area contributed by atoms with E-state index in [1.54, 1.807) is 7.11 Å². The average molecular weight is 611 g/mol. The third kappa shape index (κ3) is 6.13. The Morgan fingerprint density at radius 3 is 2.39 bits per heavy atom. The van der Waals surface area contributed by atoms with Crippen molar-refractivity contribution in [2.24, 2.45) is 0 Å². The Morgan fingerprint density at radius 1 is 0.932 bits per heavy atom. The summed E-state index contributed by atoms with van der Waals surface area (Å²) < 4.78 is 51.8. The van der Waals surface area contributed by atoms with Crippen LogP contribution in [0.1, 0.15) is 78.7 Å². The van der Waals surface area contributed by atoms with Crippen LogP contribution in [0.5, 0.6) is 0 Å². The predicted molar refractivity (Wildman–Crippen MR) is 167 cm³/mol. The molecule has 0 saturated carbocycles. The van der Waals surface area contributed by atoms with E-state index in [1.807, 2.05) is 19.9 Å². The van der Waals surface area contributed by atoms with Gasteiger partial charge < -0.3 is 37.9 Å². The Balaban J connectivity index is 1.24. The Hall–Kier alpha value is -1.88. The van der Waals surface area contributed by atoms with Crippen molar-refractivity contribution in [2.75, 3.05) is 20.5 Å². The maximum absolute atomic E-state index is 7.16. The van der Waals surface area contributed by atoms with Crippen LogP contribution in [-0.2, 0) is 44.5 Å². The lowest BCUT2D eigenvalue weighted by molar-refractivity contribution is -0.351. The Kier molecular flexibility index (Phi) is 8.78. The molecule has 1 spiro atoms. The summed E-state index contributed by atoms with van der Waals surface area (Å²) in [6.45, 7) is 15.4. The summed E-state index contributed by atoms with van der Waals surface area (Å²) >= 11 is 0. The summed E-state index contributed by atoms with van der Waals surface area (Å²) in [5.41, 5.74) is -0.764. The quantitative estimate of drug-likeness (QED) is 0.226. The molecule has 0 bridgehead atoms. The van der Waals surface area contributed by atoms with Gasteiger partial charge in [-0.1, -0.05) is 42.5 Å². The van der Waals surface area contributed by atoms with Crippen molar-refractivity contribution in [2.45, 2.75) is 133 Å². The third-order valence-corrected chi connectivity index (χ3v) is 10.2. The zero-order valence-electron chi connectivity index (χ0n) is 27.3. The molecule has 4 aliphatic rings. The fourth-order valence-corrected chi connectivity index (χ4v) is 7.81. The van der Waals surface area contributed by atoms with Gasteiger partial charge in [0, 0.05) is 20.0 Å². The standard InChI is InChI=1S/C36H50O8/c1-8-11-30(38-22-25-14-15-26-12-9-10-13-27(26)20-25)35(6)31(39-24-37-7)21-34(5)29(41-35)17-16-28-33(4,44-34)18-19-36(42-28)23-40-32(2,3)43-36/h8-10,12-15,20,28-31H,1,11,16-19,21-24H2,2-7H3/t28-,29+,30-,31+,33+,34-,35-,36+/m0/s1. The van der Waals surface area contributed by atoms with Crippen molar-refractivity contribution in [3.63, 3.8) is 0 Å². The number of rotatable bonds is 9. The van der Waals surface area contributed by atoms with Gasteiger partial charge in [0.15, 0.2) is 11.6 Å². The van der Waals surface area contributed by atoms with Gasteiger partial charge in [0.25, 0.3) is 0 Å². The van der Waals surface area contributed by atoms with E-state index in [9.17, 15) is 0 Å². The Labute approximate surface area is 262 Å². The second kappa shape index (κ2) is 12.0. The Bertz CT molecular complexity index is 1330. The van der Waals surface area contributed by atoms with Crippen LogP contribution in [-0.4, -0.2) is 73.3 Å². The number of ether oxygens (including phenoxy) is 8. The third-order valence-electron chi connectivity index (χ3n) is 10.2. The minimum Gasteiger partial charge on any atom is -0.370 e. The van der Waals surface area contributed by atoms with Crippen LogP contribution in [0, 0.1) is 0 Å². The zero-order chi connectivity index (χ0) is 31.2. The van der Waals surface area contributed by atoms with Crippen LogP contribution in [0.2, 0.25) is 0 Å². The molecule has 0 aliphatic carbocycles. The maximum atomic E-state index is 7.16. The van der Waals surface area contributed by atoms with Gasteiger partial charge in [-0.3, -0.25) is 0 Å². The Morgan fingerprint density at radius 2 is 1.68 bits per heavy atom. The molecule has 8 nitrogen and oxygen atoms in total. The molecule has 44 heavy (non-hydrogen) atoms. The summed E-state index contributed by atoms with van der Waals surface area (Å²) in [5, 5.41) is 2.40. The highest BCUT2D eigenvalue weighted by Gasteiger charge is 2.62. The lowest BCUT2D eigenvalue weighted by atomic mass is 9.76. The molecule has 4 heterocycles. The van der Waals surface area contributed by atoms with Gasteiger partial charge in [0.05, 0.1) is 42.2 Å². The van der Waals surface area contributed by atoms with Crippen molar-refractivity contribution in [3.05, 3.63) is 60.7 Å². The molecule has 4 saturated heterocycles. The molecule has 6 rings (SSSR count). The lowest BCUT2D eigenvalue weighted by Crippen LogP contribution is -2.67. The lowest BCUT2D eigenvalue weighted by Gasteiger charge is -2.56. The van der Waals surface area contributed by atoms with Crippen LogP contribution in [0.25, 0.3) is 10.8 Å². The fourth-order valence-electron chi connectivity index (χ4n) is 7.81. The van der Waals surface area contributed by atoms with Gasteiger partial charge in [-0.15, -0.1) is 6.58 Å². The highest BCUT2D eigenvalue weighted by atomic mass is 16.8. The molecule has 0 amide bonds. The normalized spacial score (nSPS) is 39.0. The van der Waals surface area contributed by atoms with E-state index < -0.39 is 28.4 Å². The molecule has 0 N–H and O–H groups in total.